The molecule has 0 radical (unpaired) electrons. The zero-order valence-corrected chi connectivity index (χ0v) is 10.4. The quantitative estimate of drug-likeness (QED) is 0.761. The molecule has 1 aliphatic rings. The van der Waals surface area contributed by atoms with Crippen LogP contribution in [0.3, 0.4) is 0 Å². The number of ether oxygens (including phenoxy) is 1. The summed E-state index contributed by atoms with van der Waals surface area (Å²) in [6, 6.07) is 0. The molecule has 2 heterocycles. The van der Waals surface area contributed by atoms with E-state index in [-0.39, 0.29) is 0 Å². The summed E-state index contributed by atoms with van der Waals surface area (Å²) in [6.07, 6.45) is 1.53. The molecule has 84 valence electrons. The van der Waals surface area contributed by atoms with E-state index in [9.17, 15) is 0 Å². The minimum absolute atomic E-state index is 0.400. The van der Waals surface area contributed by atoms with Gasteiger partial charge in [0.2, 0.25) is 0 Å². The summed E-state index contributed by atoms with van der Waals surface area (Å²) < 4.78 is 5.33. The summed E-state index contributed by atoms with van der Waals surface area (Å²) in [5.41, 5.74) is 0.985. The smallest absolute Gasteiger partial charge is 0.107 e. The fourth-order valence-electron chi connectivity index (χ4n) is 1.81. The molecular formula is C10H15ClN2OS. The van der Waals surface area contributed by atoms with Gasteiger partial charge in [-0.25, -0.2) is 4.98 Å². The molecule has 5 heteroatoms. The number of rotatable bonds is 4. The maximum atomic E-state index is 5.71. The maximum Gasteiger partial charge on any atom is 0.107 e. The van der Waals surface area contributed by atoms with Gasteiger partial charge in [0, 0.05) is 25.6 Å². The van der Waals surface area contributed by atoms with Gasteiger partial charge in [0.25, 0.3) is 0 Å². The number of hydrogen-bond acceptors (Lipinski definition) is 4. The summed E-state index contributed by atoms with van der Waals surface area (Å²) in [5, 5.41) is 3.19. The standard InChI is InChI=1S/C10H15ClN2OS/c1-14-9-2-3-13(5-9)6-10-12-8(4-11)7-15-10/h7,9H,2-6H2,1H3. The van der Waals surface area contributed by atoms with E-state index in [2.05, 4.69) is 9.88 Å². The molecule has 1 aliphatic heterocycles. The van der Waals surface area contributed by atoms with E-state index in [1.807, 2.05) is 5.38 Å². The van der Waals surface area contributed by atoms with E-state index in [1.165, 1.54) is 0 Å². The molecule has 1 aromatic rings. The van der Waals surface area contributed by atoms with Crippen molar-refractivity contribution >= 4 is 22.9 Å². The van der Waals surface area contributed by atoms with Crippen LogP contribution in [0.25, 0.3) is 0 Å². The lowest BCUT2D eigenvalue weighted by Crippen LogP contribution is -2.22. The number of nitrogens with zero attached hydrogens (tertiary/aromatic N) is 2. The highest BCUT2D eigenvalue weighted by Gasteiger charge is 2.22. The number of alkyl halides is 1. The first kappa shape index (κ1) is 11.3. The molecule has 1 fully saturated rings. The number of aromatic nitrogens is 1. The molecule has 0 N–H and O–H groups in total. The van der Waals surface area contributed by atoms with E-state index in [1.54, 1.807) is 18.4 Å². The normalized spacial score (nSPS) is 22.4. The van der Waals surface area contributed by atoms with Crippen molar-refractivity contribution in [2.24, 2.45) is 0 Å². The second-order valence-electron chi connectivity index (χ2n) is 3.75. The van der Waals surface area contributed by atoms with Crippen molar-refractivity contribution in [3.8, 4) is 0 Å². The fraction of sp³-hybridized carbons (Fsp3) is 0.700. The predicted octanol–water partition coefficient (Wildman–Crippen LogP) is 2.10. The van der Waals surface area contributed by atoms with Gasteiger partial charge in [0.15, 0.2) is 0 Å². The molecule has 1 unspecified atom stereocenters. The molecule has 0 saturated carbocycles. The molecule has 0 aliphatic carbocycles. The first-order valence-corrected chi connectivity index (χ1v) is 6.47. The second kappa shape index (κ2) is 5.25. The highest BCUT2D eigenvalue weighted by Crippen LogP contribution is 2.18. The van der Waals surface area contributed by atoms with Gasteiger partial charge in [-0.2, -0.15) is 0 Å². The van der Waals surface area contributed by atoms with E-state index < -0.39 is 0 Å². The fourth-order valence-corrected chi connectivity index (χ4v) is 2.87. The predicted molar refractivity (Wildman–Crippen MR) is 62.4 cm³/mol. The third kappa shape index (κ3) is 2.91. The lowest BCUT2D eigenvalue weighted by atomic mass is 10.3. The highest BCUT2D eigenvalue weighted by molar-refractivity contribution is 7.09. The van der Waals surface area contributed by atoms with Crippen LogP contribution < -0.4 is 0 Å². The van der Waals surface area contributed by atoms with Crippen LogP contribution in [0.15, 0.2) is 5.38 Å². The lowest BCUT2D eigenvalue weighted by molar-refractivity contribution is 0.107. The van der Waals surface area contributed by atoms with Crippen molar-refractivity contribution in [2.45, 2.75) is 24.9 Å². The Labute approximate surface area is 99.0 Å². The number of halogens is 1. The Morgan fingerprint density at radius 3 is 3.20 bits per heavy atom. The molecule has 0 bridgehead atoms. The SMILES string of the molecule is COC1CCN(Cc2nc(CCl)cs2)C1. The van der Waals surface area contributed by atoms with Gasteiger partial charge >= 0.3 is 0 Å². The molecule has 1 atom stereocenters. The summed E-state index contributed by atoms with van der Waals surface area (Å²) in [7, 11) is 1.78. The summed E-state index contributed by atoms with van der Waals surface area (Å²) in [6.45, 7) is 3.06. The van der Waals surface area contributed by atoms with E-state index in [0.29, 0.717) is 12.0 Å². The molecule has 15 heavy (non-hydrogen) atoms. The van der Waals surface area contributed by atoms with Crippen LogP contribution in [0.4, 0.5) is 0 Å². The van der Waals surface area contributed by atoms with Crippen molar-refractivity contribution in [3.05, 3.63) is 16.1 Å². The number of hydrogen-bond donors (Lipinski definition) is 0. The first-order chi connectivity index (χ1) is 7.31. The van der Waals surface area contributed by atoms with Crippen LogP contribution >= 0.6 is 22.9 Å². The van der Waals surface area contributed by atoms with Crippen LogP contribution in [-0.4, -0.2) is 36.2 Å². The molecule has 2 rings (SSSR count). The van der Waals surface area contributed by atoms with E-state index in [4.69, 9.17) is 16.3 Å². The third-order valence-corrected chi connectivity index (χ3v) is 3.81. The van der Waals surface area contributed by atoms with Gasteiger partial charge < -0.3 is 4.74 Å². The van der Waals surface area contributed by atoms with Crippen LogP contribution in [0.1, 0.15) is 17.1 Å². The zero-order valence-electron chi connectivity index (χ0n) is 8.78. The van der Waals surface area contributed by atoms with Crippen molar-refractivity contribution in [1.29, 1.82) is 0 Å². The van der Waals surface area contributed by atoms with Crippen molar-refractivity contribution in [1.82, 2.24) is 9.88 Å². The molecule has 0 spiro atoms. The first-order valence-electron chi connectivity index (χ1n) is 5.06. The molecule has 0 aromatic carbocycles. The average Bonchev–Trinajstić information content (AvgIpc) is 2.87. The molecule has 3 nitrogen and oxygen atoms in total. The minimum atomic E-state index is 0.400. The van der Waals surface area contributed by atoms with Crippen LogP contribution in [0.2, 0.25) is 0 Å². The van der Waals surface area contributed by atoms with Gasteiger partial charge in [0.05, 0.1) is 24.2 Å². The summed E-state index contributed by atoms with van der Waals surface area (Å²) >= 11 is 7.40. The van der Waals surface area contributed by atoms with Crippen LogP contribution in [-0.2, 0) is 17.2 Å². The van der Waals surface area contributed by atoms with Crippen LogP contribution in [0, 0.1) is 0 Å². The number of likely N-dealkylation sites (tertiary alicyclic amines) is 1. The van der Waals surface area contributed by atoms with E-state index in [0.717, 1.165) is 36.8 Å². The van der Waals surface area contributed by atoms with Gasteiger partial charge in [0.1, 0.15) is 5.01 Å². The number of thiazole rings is 1. The Morgan fingerprint density at radius 1 is 1.73 bits per heavy atom. The molecule has 0 amide bonds. The Kier molecular flexibility index (Phi) is 3.97. The van der Waals surface area contributed by atoms with Gasteiger partial charge in [-0.15, -0.1) is 22.9 Å². The van der Waals surface area contributed by atoms with E-state index >= 15 is 0 Å². The maximum absolute atomic E-state index is 5.71. The van der Waals surface area contributed by atoms with Crippen molar-refractivity contribution < 1.29 is 4.74 Å². The average molecular weight is 247 g/mol. The largest absolute Gasteiger partial charge is 0.380 e. The Balaban J connectivity index is 1.87. The highest BCUT2D eigenvalue weighted by atomic mass is 35.5. The van der Waals surface area contributed by atoms with Crippen LogP contribution in [0.5, 0.6) is 0 Å². The second-order valence-corrected chi connectivity index (χ2v) is 4.96. The monoisotopic (exact) mass is 246 g/mol. The zero-order chi connectivity index (χ0) is 10.7. The molecular weight excluding hydrogens is 232 g/mol. The minimum Gasteiger partial charge on any atom is -0.380 e. The summed E-state index contributed by atoms with van der Waals surface area (Å²) in [5.74, 6) is 0.511. The lowest BCUT2D eigenvalue weighted by Gasteiger charge is -2.13. The molecule has 1 aromatic heterocycles. The summed E-state index contributed by atoms with van der Waals surface area (Å²) in [4.78, 5) is 6.83. The van der Waals surface area contributed by atoms with Gasteiger partial charge in [-0.05, 0) is 6.42 Å². The van der Waals surface area contributed by atoms with Crippen molar-refractivity contribution in [2.75, 3.05) is 20.2 Å². The number of methoxy groups -OCH3 is 1. The van der Waals surface area contributed by atoms with Gasteiger partial charge in [-0.1, -0.05) is 0 Å². The van der Waals surface area contributed by atoms with Crippen molar-refractivity contribution in [3.63, 3.8) is 0 Å². The van der Waals surface area contributed by atoms with Gasteiger partial charge in [-0.3, -0.25) is 4.90 Å². The third-order valence-electron chi connectivity index (χ3n) is 2.66. The Hall–Kier alpha value is -0.160. The Morgan fingerprint density at radius 2 is 2.60 bits per heavy atom. The topological polar surface area (TPSA) is 25.4 Å². The molecule has 1 saturated heterocycles. The Bertz CT molecular complexity index is 318.